The Bertz CT molecular complexity index is 840. The van der Waals surface area contributed by atoms with Gasteiger partial charge in [-0.05, 0) is 49.1 Å². The molecule has 1 N–H and O–H groups in total. The van der Waals surface area contributed by atoms with Gasteiger partial charge < -0.3 is 10.2 Å². The van der Waals surface area contributed by atoms with Crippen LogP contribution in [0.4, 0.5) is 11.4 Å². The van der Waals surface area contributed by atoms with Gasteiger partial charge in [0.2, 0.25) is 11.8 Å². The molecule has 2 amide bonds. The van der Waals surface area contributed by atoms with Crippen LogP contribution in [0.1, 0.15) is 30.0 Å². The number of nitrogens with one attached hydrogen (secondary N) is 1. The van der Waals surface area contributed by atoms with E-state index in [2.05, 4.69) is 12.2 Å². The molecule has 5 heteroatoms. The lowest BCUT2D eigenvalue weighted by Crippen LogP contribution is -2.29. The van der Waals surface area contributed by atoms with Crippen LogP contribution in [0.3, 0.4) is 0 Å². The van der Waals surface area contributed by atoms with Crippen molar-refractivity contribution in [2.24, 2.45) is 5.92 Å². The first-order valence-corrected chi connectivity index (χ1v) is 9.24. The fourth-order valence-electron chi connectivity index (χ4n) is 3.49. The Morgan fingerprint density at radius 3 is 2.69 bits per heavy atom. The van der Waals surface area contributed by atoms with Gasteiger partial charge >= 0.3 is 0 Å². The van der Waals surface area contributed by atoms with E-state index in [0.29, 0.717) is 17.3 Å². The maximum Gasteiger partial charge on any atom is 0.229 e. The van der Waals surface area contributed by atoms with Crippen molar-refractivity contribution in [3.05, 3.63) is 58.1 Å². The van der Waals surface area contributed by atoms with Gasteiger partial charge in [0.05, 0.1) is 16.6 Å². The summed E-state index contributed by atoms with van der Waals surface area (Å²) in [5, 5.41) is 3.44. The Morgan fingerprint density at radius 2 is 2.00 bits per heavy atom. The highest BCUT2D eigenvalue weighted by molar-refractivity contribution is 6.34. The zero-order valence-corrected chi connectivity index (χ0v) is 16.1. The number of carbonyl (C=O) groups excluding carboxylic acids is 2. The standard InChI is InChI=1S/C21H23ClN2O2/c1-4-15-7-5-6-8-18(15)24-12-16(11-19(24)25)21(26)23-20-14(3)9-13(2)10-17(20)22/h5-10,16H,4,11-12H2,1-3H3,(H,23,26). The first-order valence-electron chi connectivity index (χ1n) is 8.86. The van der Waals surface area contributed by atoms with E-state index in [4.69, 9.17) is 11.6 Å². The number of carbonyl (C=O) groups is 2. The highest BCUT2D eigenvalue weighted by Gasteiger charge is 2.36. The van der Waals surface area contributed by atoms with E-state index in [1.54, 1.807) is 4.90 Å². The number of benzene rings is 2. The van der Waals surface area contributed by atoms with Crippen molar-refractivity contribution < 1.29 is 9.59 Å². The second-order valence-corrected chi connectivity index (χ2v) is 7.22. The van der Waals surface area contributed by atoms with Crippen molar-refractivity contribution >= 4 is 34.8 Å². The van der Waals surface area contributed by atoms with Gasteiger partial charge in [0.1, 0.15) is 0 Å². The number of aryl methyl sites for hydroxylation is 3. The molecular formula is C21H23ClN2O2. The number of anilines is 2. The average molecular weight is 371 g/mol. The van der Waals surface area contributed by atoms with Crippen LogP contribution in [0.15, 0.2) is 36.4 Å². The number of hydrogen-bond acceptors (Lipinski definition) is 2. The highest BCUT2D eigenvalue weighted by Crippen LogP contribution is 2.31. The SMILES string of the molecule is CCc1ccccc1N1CC(C(=O)Nc2c(C)cc(C)cc2Cl)CC1=O. The van der Waals surface area contributed by atoms with Crippen LogP contribution in [0.5, 0.6) is 0 Å². The van der Waals surface area contributed by atoms with Gasteiger partial charge in [-0.2, -0.15) is 0 Å². The highest BCUT2D eigenvalue weighted by atomic mass is 35.5. The summed E-state index contributed by atoms with van der Waals surface area (Å²) in [7, 11) is 0. The summed E-state index contributed by atoms with van der Waals surface area (Å²) < 4.78 is 0. The maximum absolute atomic E-state index is 12.7. The van der Waals surface area contributed by atoms with Gasteiger partial charge in [-0.1, -0.05) is 42.8 Å². The fourth-order valence-corrected chi connectivity index (χ4v) is 3.86. The molecule has 2 aromatic rings. The molecule has 1 heterocycles. The number of nitrogens with zero attached hydrogens (tertiary/aromatic N) is 1. The van der Waals surface area contributed by atoms with Gasteiger partial charge in [-0.25, -0.2) is 0 Å². The first kappa shape index (κ1) is 18.5. The minimum Gasteiger partial charge on any atom is -0.324 e. The van der Waals surface area contributed by atoms with Crippen LogP contribution in [-0.4, -0.2) is 18.4 Å². The minimum atomic E-state index is -0.385. The molecule has 0 radical (unpaired) electrons. The van der Waals surface area contributed by atoms with Crippen molar-refractivity contribution in [2.45, 2.75) is 33.6 Å². The third-order valence-corrected chi connectivity index (χ3v) is 5.14. The molecule has 1 unspecified atom stereocenters. The van der Waals surface area contributed by atoms with Gasteiger partial charge in [-0.15, -0.1) is 0 Å². The molecule has 1 atom stereocenters. The predicted molar refractivity (Wildman–Crippen MR) is 106 cm³/mol. The topological polar surface area (TPSA) is 49.4 Å². The van der Waals surface area contributed by atoms with E-state index < -0.39 is 0 Å². The molecule has 0 aromatic heterocycles. The quantitative estimate of drug-likeness (QED) is 0.860. The molecule has 0 spiro atoms. The lowest BCUT2D eigenvalue weighted by atomic mass is 10.1. The van der Waals surface area contributed by atoms with E-state index in [1.165, 1.54) is 0 Å². The second kappa shape index (κ2) is 7.50. The summed E-state index contributed by atoms with van der Waals surface area (Å²) in [6.07, 6.45) is 1.06. The summed E-state index contributed by atoms with van der Waals surface area (Å²) in [4.78, 5) is 27.0. The normalized spacial score (nSPS) is 16.8. The summed E-state index contributed by atoms with van der Waals surface area (Å²) in [6, 6.07) is 11.7. The number of halogens is 1. The van der Waals surface area contributed by atoms with Crippen molar-refractivity contribution in [1.29, 1.82) is 0 Å². The van der Waals surface area contributed by atoms with E-state index in [1.807, 2.05) is 50.2 Å². The summed E-state index contributed by atoms with van der Waals surface area (Å²) in [6.45, 7) is 6.33. The first-order chi connectivity index (χ1) is 12.4. The van der Waals surface area contributed by atoms with E-state index in [9.17, 15) is 9.59 Å². The molecule has 1 saturated heterocycles. The molecule has 1 aliphatic rings. The number of amides is 2. The largest absolute Gasteiger partial charge is 0.324 e. The third kappa shape index (κ3) is 3.61. The van der Waals surface area contributed by atoms with E-state index >= 15 is 0 Å². The van der Waals surface area contributed by atoms with Gasteiger partial charge in [0, 0.05) is 18.7 Å². The lowest BCUT2D eigenvalue weighted by Gasteiger charge is -2.20. The van der Waals surface area contributed by atoms with Crippen LogP contribution in [0, 0.1) is 19.8 Å². The molecule has 4 nitrogen and oxygen atoms in total. The van der Waals surface area contributed by atoms with E-state index in [-0.39, 0.29) is 24.2 Å². The van der Waals surface area contributed by atoms with Crippen molar-refractivity contribution in [1.82, 2.24) is 0 Å². The summed E-state index contributed by atoms with van der Waals surface area (Å²) >= 11 is 6.29. The second-order valence-electron chi connectivity index (χ2n) is 6.82. The Hall–Kier alpha value is -2.33. The Labute approximate surface area is 159 Å². The summed E-state index contributed by atoms with van der Waals surface area (Å²) in [5.74, 6) is -0.564. The van der Waals surface area contributed by atoms with Gasteiger partial charge in [0.25, 0.3) is 0 Å². The third-order valence-electron chi connectivity index (χ3n) is 4.84. The van der Waals surface area contributed by atoms with Crippen LogP contribution in [0.25, 0.3) is 0 Å². The Balaban J connectivity index is 1.78. The molecule has 0 bridgehead atoms. The molecule has 0 saturated carbocycles. The average Bonchev–Trinajstić information content (AvgIpc) is 2.99. The maximum atomic E-state index is 12.7. The van der Waals surface area contributed by atoms with Gasteiger partial charge in [-0.3, -0.25) is 9.59 Å². The van der Waals surface area contributed by atoms with E-state index in [0.717, 1.165) is 28.8 Å². The number of hydrogen-bond donors (Lipinski definition) is 1. The van der Waals surface area contributed by atoms with Crippen molar-refractivity contribution in [3.8, 4) is 0 Å². The fraction of sp³-hybridized carbons (Fsp3) is 0.333. The number of rotatable bonds is 4. The van der Waals surface area contributed by atoms with Crippen molar-refractivity contribution in [3.63, 3.8) is 0 Å². The molecule has 136 valence electrons. The molecular weight excluding hydrogens is 348 g/mol. The van der Waals surface area contributed by atoms with Crippen LogP contribution < -0.4 is 10.2 Å². The molecule has 1 aliphatic heterocycles. The van der Waals surface area contributed by atoms with Crippen LogP contribution in [0.2, 0.25) is 5.02 Å². The molecule has 0 aliphatic carbocycles. The molecule has 26 heavy (non-hydrogen) atoms. The predicted octanol–water partition coefficient (Wildman–Crippen LogP) is 4.51. The smallest absolute Gasteiger partial charge is 0.229 e. The molecule has 2 aromatic carbocycles. The monoisotopic (exact) mass is 370 g/mol. The lowest BCUT2D eigenvalue weighted by molar-refractivity contribution is -0.122. The van der Waals surface area contributed by atoms with Crippen LogP contribution >= 0.6 is 11.6 Å². The molecule has 3 rings (SSSR count). The zero-order chi connectivity index (χ0) is 18.8. The van der Waals surface area contributed by atoms with Crippen LogP contribution in [-0.2, 0) is 16.0 Å². The van der Waals surface area contributed by atoms with Gasteiger partial charge in [0.15, 0.2) is 0 Å². The number of para-hydroxylation sites is 1. The molecule has 1 fully saturated rings. The Morgan fingerprint density at radius 1 is 1.27 bits per heavy atom. The van der Waals surface area contributed by atoms with Crippen molar-refractivity contribution in [2.75, 3.05) is 16.8 Å². The zero-order valence-electron chi connectivity index (χ0n) is 15.3. The summed E-state index contributed by atoms with van der Waals surface area (Å²) in [5.41, 5.74) is 4.60. The Kier molecular flexibility index (Phi) is 5.33. The minimum absolute atomic E-state index is 0.0159.